The fourth-order valence-corrected chi connectivity index (χ4v) is 1.70. The third-order valence-electron chi connectivity index (χ3n) is 2.48. The van der Waals surface area contributed by atoms with E-state index in [1.807, 2.05) is 0 Å². The van der Waals surface area contributed by atoms with Gasteiger partial charge in [0.1, 0.15) is 0 Å². The highest BCUT2D eigenvalue weighted by atomic mass is 16.5. The third-order valence-corrected chi connectivity index (χ3v) is 2.48. The standard InChI is InChI=1S/C10H14N2O2/c13-9(10-11-5-6-12-10)4-3-8-2-1-7-14-8/h5-6,8H,1-4,7H2,(H,11,12). The lowest BCUT2D eigenvalue weighted by molar-refractivity contribution is 0.0853. The average molecular weight is 194 g/mol. The van der Waals surface area contributed by atoms with Crippen molar-refractivity contribution < 1.29 is 9.53 Å². The third kappa shape index (κ3) is 2.20. The Kier molecular flexibility index (Phi) is 2.93. The van der Waals surface area contributed by atoms with Gasteiger partial charge in [0, 0.05) is 25.4 Å². The number of nitrogens with zero attached hydrogens (tertiary/aromatic N) is 1. The summed E-state index contributed by atoms with van der Waals surface area (Å²) in [6.07, 6.45) is 7.11. The fraction of sp³-hybridized carbons (Fsp3) is 0.600. The van der Waals surface area contributed by atoms with Gasteiger partial charge in [0.15, 0.2) is 11.6 Å². The molecule has 0 spiro atoms. The van der Waals surface area contributed by atoms with Crippen molar-refractivity contribution >= 4 is 5.78 Å². The van der Waals surface area contributed by atoms with Crippen molar-refractivity contribution in [3.63, 3.8) is 0 Å². The van der Waals surface area contributed by atoms with Crippen LogP contribution in [0.25, 0.3) is 0 Å². The molecule has 1 aliphatic rings. The number of H-pyrrole nitrogens is 1. The molecule has 1 aromatic heterocycles. The van der Waals surface area contributed by atoms with Crippen LogP contribution in [0.1, 0.15) is 36.3 Å². The monoisotopic (exact) mass is 194 g/mol. The SMILES string of the molecule is O=C(CCC1CCCO1)c1ncc[nH]1. The quantitative estimate of drug-likeness (QED) is 0.740. The molecule has 1 aliphatic heterocycles. The Labute approximate surface area is 82.7 Å². The highest BCUT2D eigenvalue weighted by molar-refractivity contribution is 5.92. The first kappa shape index (κ1) is 9.40. The molecule has 14 heavy (non-hydrogen) atoms. The summed E-state index contributed by atoms with van der Waals surface area (Å²) in [6, 6.07) is 0. The average Bonchev–Trinajstić information content (AvgIpc) is 2.87. The molecule has 0 aliphatic carbocycles. The summed E-state index contributed by atoms with van der Waals surface area (Å²) in [7, 11) is 0. The Bertz CT molecular complexity index is 289. The number of imidazole rings is 1. The van der Waals surface area contributed by atoms with Crippen LogP contribution in [-0.4, -0.2) is 28.5 Å². The molecular weight excluding hydrogens is 180 g/mol. The van der Waals surface area contributed by atoms with Crippen LogP contribution in [0.5, 0.6) is 0 Å². The number of carbonyl (C=O) groups is 1. The van der Waals surface area contributed by atoms with E-state index in [-0.39, 0.29) is 11.9 Å². The van der Waals surface area contributed by atoms with Gasteiger partial charge in [-0.2, -0.15) is 0 Å². The number of hydrogen-bond donors (Lipinski definition) is 1. The number of hydrogen-bond acceptors (Lipinski definition) is 3. The zero-order chi connectivity index (χ0) is 9.80. The summed E-state index contributed by atoms with van der Waals surface area (Å²) in [5.74, 6) is 0.536. The van der Waals surface area contributed by atoms with Crippen molar-refractivity contribution in [3.05, 3.63) is 18.2 Å². The summed E-state index contributed by atoms with van der Waals surface area (Å²) in [5, 5.41) is 0. The van der Waals surface area contributed by atoms with Crippen LogP contribution in [0.2, 0.25) is 0 Å². The maximum absolute atomic E-state index is 11.5. The van der Waals surface area contributed by atoms with Gasteiger partial charge in [0.2, 0.25) is 0 Å². The van der Waals surface area contributed by atoms with Crippen LogP contribution in [0.3, 0.4) is 0 Å². The number of Topliss-reactive ketones (excluding diaryl/α,β-unsaturated/α-hetero) is 1. The van der Waals surface area contributed by atoms with E-state index in [0.29, 0.717) is 12.2 Å². The minimum absolute atomic E-state index is 0.0745. The first-order chi connectivity index (χ1) is 6.86. The van der Waals surface area contributed by atoms with Crippen molar-refractivity contribution in [2.24, 2.45) is 0 Å². The van der Waals surface area contributed by atoms with Gasteiger partial charge in [0.25, 0.3) is 0 Å². The van der Waals surface area contributed by atoms with E-state index < -0.39 is 0 Å². The van der Waals surface area contributed by atoms with Crippen molar-refractivity contribution in [2.45, 2.75) is 31.8 Å². The first-order valence-corrected chi connectivity index (χ1v) is 5.00. The summed E-state index contributed by atoms with van der Waals surface area (Å²) >= 11 is 0. The Morgan fingerprint density at radius 2 is 2.64 bits per heavy atom. The summed E-state index contributed by atoms with van der Waals surface area (Å²) in [6.45, 7) is 0.847. The molecule has 1 atom stereocenters. The Balaban J connectivity index is 1.78. The minimum atomic E-state index is 0.0745. The number of aromatic amines is 1. The van der Waals surface area contributed by atoms with Crippen molar-refractivity contribution in [1.29, 1.82) is 0 Å². The maximum Gasteiger partial charge on any atom is 0.198 e. The second-order valence-corrected chi connectivity index (χ2v) is 3.53. The molecule has 2 heterocycles. The highest BCUT2D eigenvalue weighted by Gasteiger charge is 2.17. The van der Waals surface area contributed by atoms with Crippen molar-refractivity contribution in [3.8, 4) is 0 Å². The predicted octanol–water partition coefficient (Wildman–Crippen LogP) is 1.55. The first-order valence-electron chi connectivity index (χ1n) is 5.00. The molecule has 0 bridgehead atoms. The van der Waals surface area contributed by atoms with Crippen LogP contribution < -0.4 is 0 Å². The van der Waals surface area contributed by atoms with Crippen LogP contribution in [0.15, 0.2) is 12.4 Å². The maximum atomic E-state index is 11.5. The zero-order valence-corrected chi connectivity index (χ0v) is 8.03. The van der Waals surface area contributed by atoms with E-state index in [0.717, 1.165) is 25.9 Å². The van der Waals surface area contributed by atoms with Crippen molar-refractivity contribution in [1.82, 2.24) is 9.97 Å². The largest absolute Gasteiger partial charge is 0.378 e. The van der Waals surface area contributed by atoms with Gasteiger partial charge in [0.05, 0.1) is 6.10 Å². The molecule has 1 fully saturated rings. The predicted molar refractivity (Wildman–Crippen MR) is 51.1 cm³/mol. The normalized spacial score (nSPS) is 21.3. The summed E-state index contributed by atoms with van der Waals surface area (Å²) in [5.41, 5.74) is 0. The van der Waals surface area contributed by atoms with Gasteiger partial charge in [-0.05, 0) is 19.3 Å². The van der Waals surface area contributed by atoms with E-state index in [9.17, 15) is 4.79 Å². The van der Waals surface area contributed by atoms with E-state index in [4.69, 9.17) is 4.74 Å². The highest BCUT2D eigenvalue weighted by Crippen LogP contribution is 2.17. The topological polar surface area (TPSA) is 55.0 Å². The van der Waals surface area contributed by atoms with Crippen LogP contribution >= 0.6 is 0 Å². The molecule has 1 unspecified atom stereocenters. The van der Waals surface area contributed by atoms with Crippen LogP contribution in [-0.2, 0) is 4.74 Å². The van der Waals surface area contributed by atoms with Gasteiger partial charge >= 0.3 is 0 Å². The second-order valence-electron chi connectivity index (χ2n) is 3.53. The number of ether oxygens (including phenoxy) is 1. The molecule has 0 radical (unpaired) electrons. The lowest BCUT2D eigenvalue weighted by atomic mass is 10.1. The van der Waals surface area contributed by atoms with Crippen LogP contribution in [0.4, 0.5) is 0 Å². The van der Waals surface area contributed by atoms with Gasteiger partial charge in [-0.1, -0.05) is 0 Å². The Morgan fingerprint density at radius 3 is 3.29 bits per heavy atom. The van der Waals surface area contributed by atoms with Gasteiger partial charge in [-0.3, -0.25) is 4.79 Å². The lowest BCUT2D eigenvalue weighted by Crippen LogP contribution is -2.09. The molecule has 0 saturated carbocycles. The molecule has 0 amide bonds. The number of carbonyl (C=O) groups excluding carboxylic acids is 1. The molecular formula is C10H14N2O2. The zero-order valence-electron chi connectivity index (χ0n) is 8.03. The molecule has 4 nitrogen and oxygen atoms in total. The van der Waals surface area contributed by atoms with E-state index in [2.05, 4.69) is 9.97 Å². The molecule has 1 N–H and O–H groups in total. The molecule has 2 rings (SSSR count). The van der Waals surface area contributed by atoms with E-state index in [1.165, 1.54) is 0 Å². The Morgan fingerprint density at radius 1 is 1.71 bits per heavy atom. The number of rotatable bonds is 4. The molecule has 76 valence electrons. The van der Waals surface area contributed by atoms with Gasteiger partial charge in [-0.25, -0.2) is 4.98 Å². The van der Waals surface area contributed by atoms with E-state index in [1.54, 1.807) is 12.4 Å². The number of nitrogens with one attached hydrogen (secondary N) is 1. The second kappa shape index (κ2) is 4.37. The Hall–Kier alpha value is -1.16. The number of aromatic nitrogens is 2. The fourth-order valence-electron chi connectivity index (χ4n) is 1.70. The molecule has 0 aromatic carbocycles. The lowest BCUT2D eigenvalue weighted by Gasteiger charge is -2.06. The minimum Gasteiger partial charge on any atom is -0.378 e. The molecule has 4 heteroatoms. The van der Waals surface area contributed by atoms with Gasteiger partial charge < -0.3 is 9.72 Å². The van der Waals surface area contributed by atoms with Crippen molar-refractivity contribution in [2.75, 3.05) is 6.61 Å². The summed E-state index contributed by atoms with van der Waals surface area (Å²) < 4.78 is 5.44. The van der Waals surface area contributed by atoms with Crippen LogP contribution in [0, 0.1) is 0 Å². The molecule has 1 saturated heterocycles. The van der Waals surface area contributed by atoms with Gasteiger partial charge in [-0.15, -0.1) is 0 Å². The van der Waals surface area contributed by atoms with E-state index >= 15 is 0 Å². The smallest absolute Gasteiger partial charge is 0.198 e. The number of ketones is 1. The molecule has 1 aromatic rings. The summed E-state index contributed by atoms with van der Waals surface area (Å²) in [4.78, 5) is 18.2.